The Morgan fingerprint density at radius 2 is 2.47 bits per heavy atom. The van der Waals surface area contributed by atoms with Crippen molar-refractivity contribution in [3.05, 3.63) is 23.7 Å². The van der Waals surface area contributed by atoms with Crippen molar-refractivity contribution in [1.82, 2.24) is 4.90 Å². The van der Waals surface area contributed by atoms with E-state index in [1.807, 2.05) is 17.9 Å². The second-order valence-electron chi connectivity index (χ2n) is 4.57. The smallest absolute Gasteiger partial charge is 0.257 e. The Balaban J connectivity index is 2.03. The summed E-state index contributed by atoms with van der Waals surface area (Å²) in [6.45, 7) is 2.75. The minimum absolute atomic E-state index is 0.124. The van der Waals surface area contributed by atoms with Crippen LogP contribution < -0.4 is 0 Å². The Labute approximate surface area is 110 Å². The number of carbonyl (C=O) groups excluding carboxylic acids is 1. The Morgan fingerprint density at radius 1 is 1.65 bits per heavy atom. The van der Waals surface area contributed by atoms with Crippen molar-refractivity contribution in [2.24, 2.45) is 0 Å². The van der Waals surface area contributed by atoms with Gasteiger partial charge in [0.2, 0.25) is 0 Å². The molecule has 1 unspecified atom stereocenters. The summed E-state index contributed by atoms with van der Waals surface area (Å²) in [5.41, 5.74) is 0.688. The third-order valence-corrected chi connectivity index (χ3v) is 3.85. The van der Waals surface area contributed by atoms with Crippen molar-refractivity contribution in [1.29, 1.82) is 0 Å². The van der Waals surface area contributed by atoms with Crippen molar-refractivity contribution in [2.45, 2.75) is 38.6 Å². The molecule has 3 nitrogen and oxygen atoms in total. The standard InChI is InChI=1S/C13H18BrNO2/c1-10-8-11(9-17-10)13(16)15-7-3-5-12(15)4-2-6-14/h8-9,12H,2-7H2,1H3. The molecule has 0 N–H and O–H groups in total. The molecule has 94 valence electrons. The van der Waals surface area contributed by atoms with Crippen molar-refractivity contribution < 1.29 is 9.21 Å². The Kier molecular flexibility index (Phi) is 4.26. The highest BCUT2D eigenvalue weighted by Gasteiger charge is 2.29. The maximum absolute atomic E-state index is 12.3. The molecule has 17 heavy (non-hydrogen) atoms. The van der Waals surface area contributed by atoms with E-state index in [1.54, 1.807) is 6.26 Å². The molecule has 0 bridgehead atoms. The lowest BCUT2D eigenvalue weighted by Gasteiger charge is -2.23. The number of alkyl halides is 1. The number of aryl methyl sites for hydroxylation is 1. The van der Waals surface area contributed by atoms with Crippen LogP contribution in [0.25, 0.3) is 0 Å². The summed E-state index contributed by atoms with van der Waals surface area (Å²) < 4.78 is 5.21. The van der Waals surface area contributed by atoms with Crippen molar-refractivity contribution in [2.75, 3.05) is 11.9 Å². The molecule has 1 atom stereocenters. The van der Waals surface area contributed by atoms with E-state index < -0.39 is 0 Å². The van der Waals surface area contributed by atoms with E-state index >= 15 is 0 Å². The number of hydrogen-bond acceptors (Lipinski definition) is 2. The van der Waals surface area contributed by atoms with Crippen molar-refractivity contribution in [3.8, 4) is 0 Å². The molecule has 0 aromatic carbocycles. The molecule has 1 fully saturated rings. The van der Waals surface area contributed by atoms with E-state index in [0.717, 1.165) is 43.3 Å². The van der Waals surface area contributed by atoms with Gasteiger partial charge in [-0.25, -0.2) is 0 Å². The van der Waals surface area contributed by atoms with Crippen LogP contribution in [0.4, 0.5) is 0 Å². The second-order valence-corrected chi connectivity index (χ2v) is 5.36. The highest BCUT2D eigenvalue weighted by molar-refractivity contribution is 9.09. The van der Waals surface area contributed by atoms with Gasteiger partial charge in [0.15, 0.2) is 0 Å². The molecular formula is C13H18BrNO2. The average molecular weight is 300 g/mol. The highest BCUT2D eigenvalue weighted by atomic mass is 79.9. The zero-order valence-electron chi connectivity index (χ0n) is 10.1. The van der Waals surface area contributed by atoms with Crippen LogP contribution >= 0.6 is 15.9 Å². The summed E-state index contributed by atoms with van der Waals surface area (Å²) in [5, 5.41) is 1.01. The molecular weight excluding hydrogens is 282 g/mol. The molecule has 1 saturated heterocycles. The molecule has 0 spiro atoms. The zero-order chi connectivity index (χ0) is 12.3. The fourth-order valence-corrected chi connectivity index (χ4v) is 2.76. The lowest BCUT2D eigenvalue weighted by atomic mass is 10.1. The number of amides is 1. The fraction of sp³-hybridized carbons (Fsp3) is 0.615. The first-order valence-corrected chi connectivity index (χ1v) is 7.26. The monoisotopic (exact) mass is 299 g/mol. The molecule has 2 heterocycles. The molecule has 2 rings (SSSR count). The van der Waals surface area contributed by atoms with Crippen LogP contribution in [-0.4, -0.2) is 28.7 Å². The largest absolute Gasteiger partial charge is 0.469 e. The van der Waals surface area contributed by atoms with E-state index in [9.17, 15) is 4.79 Å². The van der Waals surface area contributed by atoms with Gasteiger partial charge in [0.05, 0.1) is 5.56 Å². The summed E-state index contributed by atoms with van der Waals surface area (Å²) in [4.78, 5) is 14.3. The first kappa shape index (κ1) is 12.7. The third-order valence-electron chi connectivity index (χ3n) is 3.29. The highest BCUT2D eigenvalue weighted by Crippen LogP contribution is 2.24. The fourth-order valence-electron chi connectivity index (χ4n) is 2.44. The SMILES string of the molecule is Cc1cc(C(=O)N2CCCC2CCCBr)co1. The summed E-state index contributed by atoms with van der Waals surface area (Å²) >= 11 is 3.44. The number of rotatable bonds is 4. The minimum atomic E-state index is 0.124. The normalized spacial score (nSPS) is 19.9. The number of furan rings is 1. The van der Waals surface area contributed by atoms with Crippen molar-refractivity contribution >= 4 is 21.8 Å². The quantitative estimate of drug-likeness (QED) is 0.799. The maximum Gasteiger partial charge on any atom is 0.257 e. The maximum atomic E-state index is 12.3. The molecule has 1 aliphatic heterocycles. The number of carbonyl (C=O) groups is 1. The van der Waals surface area contributed by atoms with Gasteiger partial charge in [-0.2, -0.15) is 0 Å². The van der Waals surface area contributed by atoms with E-state index in [2.05, 4.69) is 15.9 Å². The van der Waals surface area contributed by atoms with Gasteiger partial charge in [0.1, 0.15) is 12.0 Å². The van der Waals surface area contributed by atoms with Gasteiger partial charge in [-0.05, 0) is 38.7 Å². The van der Waals surface area contributed by atoms with Gasteiger partial charge >= 0.3 is 0 Å². The zero-order valence-corrected chi connectivity index (χ0v) is 11.7. The Hall–Kier alpha value is -0.770. The van der Waals surface area contributed by atoms with Gasteiger partial charge in [-0.3, -0.25) is 4.79 Å². The first-order valence-electron chi connectivity index (χ1n) is 6.14. The van der Waals surface area contributed by atoms with Crippen LogP contribution in [-0.2, 0) is 0 Å². The van der Waals surface area contributed by atoms with E-state index in [0.29, 0.717) is 11.6 Å². The molecule has 0 aliphatic carbocycles. The lowest BCUT2D eigenvalue weighted by molar-refractivity contribution is 0.0729. The molecule has 4 heteroatoms. The Morgan fingerprint density at radius 3 is 3.12 bits per heavy atom. The number of likely N-dealkylation sites (tertiary alicyclic amines) is 1. The summed E-state index contributed by atoms with van der Waals surface area (Å²) in [5.74, 6) is 0.920. The third kappa shape index (κ3) is 2.92. The molecule has 1 aromatic heterocycles. The van der Waals surface area contributed by atoms with Crippen LogP contribution in [0.2, 0.25) is 0 Å². The van der Waals surface area contributed by atoms with E-state index in [4.69, 9.17) is 4.42 Å². The number of hydrogen-bond donors (Lipinski definition) is 0. The molecule has 1 aromatic rings. The van der Waals surface area contributed by atoms with Gasteiger partial charge in [-0.1, -0.05) is 15.9 Å². The average Bonchev–Trinajstić information content (AvgIpc) is 2.94. The van der Waals surface area contributed by atoms with Crippen LogP contribution in [0.3, 0.4) is 0 Å². The van der Waals surface area contributed by atoms with Crippen LogP contribution in [0.5, 0.6) is 0 Å². The molecule has 1 amide bonds. The van der Waals surface area contributed by atoms with Crippen molar-refractivity contribution in [3.63, 3.8) is 0 Å². The summed E-state index contributed by atoms with van der Waals surface area (Å²) in [6, 6.07) is 2.23. The van der Waals surface area contributed by atoms with Gasteiger partial charge < -0.3 is 9.32 Å². The predicted molar refractivity (Wildman–Crippen MR) is 70.5 cm³/mol. The minimum Gasteiger partial charge on any atom is -0.469 e. The topological polar surface area (TPSA) is 33.5 Å². The van der Waals surface area contributed by atoms with Crippen LogP contribution in [0.1, 0.15) is 41.8 Å². The molecule has 0 saturated carbocycles. The first-order chi connectivity index (χ1) is 8.22. The van der Waals surface area contributed by atoms with Gasteiger partial charge in [0, 0.05) is 17.9 Å². The van der Waals surface area contributed by atoms with Crippen LogP contribution in [0.15, 0.2) is 16.7 Å². The van der Waals surface area contributed by atoms with E-state index in [-0.39, 0.29) is 5.91 Å². The number of halogens is 1. The lowest BCUT2D eigenvalue weighted by Crippen LogP contribution is -2.35. The summed E-state index contributed by atoms with van der Waals surface area (Å²) in [7, 11) is 0. The van der Waals surface area contributed by atoms with E-state index in [1.165, 1.54) is 0 Å². The molecule has 0 radical (unpaired) electrons. The molecule has 1 aliphatic rings. The second kappa shape index (κ2) is 5.71. The Bertz CT molecular complexity index is 389. The summed E-state index contributed by atoms with van der Waals surface area (Å²) in [6.07, 6.45) is 6.04. The van der Waals surface area contributed by atoms with Crippen LogP contribution in [0, 0.1) is 6.92 Å². The van der Waals surface area contributed by atoms with Gasteiger partial charge in [-0.15, -0.1) is 0 Å². The van der Waals surface area contributed by atoms with Gasteiger partial charge in [0.25, 0.3) is 5.91 Å². The predicted octanol–water partition coefficient (Wildman–Crippen LogP) is 3.37. The number of nitrogens with zero attached hydrogens (tertiary/aromatic N) is 1.